The van der Waals surface area contributed by atoms with Crippen molar-refractivity contribution in [3.63, 3.8) is 0 Å². The summed E-state index contributed by atoms with van der Waals surface area (Å²) in [6.45, 7) is -0.121. The third-order valence-corrected chi connectivity index (χ3v) is 2.47. The average molecular weight is 309 g/mol. The highest BCUT2D eigenvalue weighted by Crippen LogP contribution is 2.29. The van der Waals surface area contributed by atoms with E-state index in [0.29, 0.717) is 0 Å². The van der Waals surface area contributed by atoms with Gasteiger partial charge < -0.3 is 5.32 Å². The highest BCUT2D eigenvalue weighted by atomic mass is 35.5. The number of amides is 3. The van der Waals surface area contributed by atoms with Crippen LogP contribution >= 0.6 is 11.6 Å². The molecular formula is C12H12ClF3N2O2. The monoisotopic (exact) mass is 308 g/mol. The Labute approximate surface area is 118 Å². The van der Waals surface area contributed by atoms with Crippen molar-refractivity contribution in [2.24, 2.45) is 0 Å². The zero-order valence-corrected chi connectivity index (χ0v) is 11.0. The number of hydrogen-bond acceptors (Lipinski definition) is 2. The van der Waals surface area contributed by atoms with Crippen LogP contribution in [0.15, 0.2) is 24.3 Å². The lowest BCUT2D eigenvalue weighted by Crippen LogP contribution is -2.39. The number of nitrogens with one attached hydrogen (secondary N) is 2. The molecule has 0 spiro atoms. The maximum atomic E-state index is 12.5. The Kier molecular flexibility index (Phi) is 5.82. The molecule has 2 N–H and O–H groups in total. The number of benzene rings is 1. The molecule has 0 aliphatic carbocycles. The Morgan fingerprint density at radius 1 is 1.25 bits per heavy atom. The summed E-state index contributed by atoms with van der Waals surface area (Å²) in [5, 5.41) is 4.29. The Bertz CT molecular complexity index is 492. The van der Waals surface area contributed by atoms with E-state index in [1.54, 1.807) is 0 Å². The minimum atomic E-state index is -4.44. The van der Waals surface area contributed by atoms with Crippen LogP contribution in [0.4, 0.5) is 18.0 Å². The summed E-state index contributed by atoms with van der Waals surface area (Å²) in [5.41, 5.74) is -0.518. The molecule has 0 aliphatic rings. The fraction of sp³-hybridized carbons (Fsp3) is 0.333. The van der Waals surface area contributed by atoms with Crippen molar-refractivity contribution in [1.29, 1.82) is 0 Å². The highest BCUT2D eigenvalue weighted by Gasteiger charge is 2.30. The van der Waals surface area contributed by atoms with Gasteiger partial charge in [0.1, 0.15) is 0 Å². The van der Waals surface area contributed by atoms with E-state index in [1.807, 2.05) is 5.32 Å². The average Bonchev–Trinajstić information content (AvgIpc) is 2.36. The van der Waals surface area contributed by atoms with E-state index in [4.69, 9.17) is 11.6 Å². The second-order valence-electron chi connectivity index (χ2n) is 3.87. The second-order valence-corrected chi connectivity index (χ2v) is 4.25. The van der Waals surface area contributed by atoms with Gasteiger partial charge in [-0.15, -0.1) is 11.6 Å². The molecule has 20 heavy (non-hydrogen) atoms. The molecule has 1 rings (SSSR count). The molecule has 8 heteroatoms. The molecule has 1 aromatic rings. The molecule has 110 valence electrons. The molecule has 0 aliphatic heterocycles. The number of rotatable bonds is 4. The molecule has 0 fully saturated rings. The van der Waals surface area contributed by atoms with Crippen molar-refractivity contribution in [2.75, 3.05) is 5.88 Å². The number of carbonyl (C=O) groups is 2. The first kappa shape index (κ1) is 16.3. The van der Waals surface area contributed by atoms with E-state index in [0.717, 1.165) is 12.1 Å². The minimum absolute atomic E-state index is 0.0153. The van der Waals surface area contributed by atoms with Gasteiger partial charge >= 0.3 is 12.2 Å². The quantitative estimate of drug-likeness (QED) is 0.840. The molecule has 0 saturated carbocycles. The molecule has 0 aromatic heterocycles. The number of carbonyl (C=O) groups excluding carboxylic acids is 2. The van der Waals surface area contributed by atoms with Crippen LogP contribution in [0.3, 0.4) is 0 Å². The van der Waals surface area contributed by atoms with Gasteiger partial charge in [0.05, 0.1) is 5.56 Å². The van der Waals surface area contributed by atoms with Crippen LogP contribution in [0.25, 0.3) is 0 Å². The molecule has 0 unspecified atom stereocenters. The summed E-state index contributed by atoms with van der Waals surface area (Å²) in [4.78, 5) is 22.3. The van der Waals surface area contributed by atoms with E-state index in [1.165, 1.54) is 12.1 Å². The summed E-state index contributed by atoms with van der Waals surface area (Å²) >= 11 is 5.31. The fourth-order valence-electron chi connectivity index (χ4n) is 1.36. The van der Waals surface area contributed by atoms with Crippen molar-refractivity contribution < 1.29 is 22.8 Å². The number of urea groups is 1. The maximum absolute atomic E-state index is 12.5. The molecule has 1 aromatic carbocycles. The number of alkyl halides is 4. The van der Waals surface area contributed by atoms with Crippen LogP contribution < -0.4 is 10.6 Å². The summed E-state index contributed by atoms with van der Waals surface area (Å²) in [6, 6.07) is 3.78. The normalized spacial score (nSPS) is 11.0. The van der Waals surface area contributed by atoms with Crippen LogP contribution in [0.1, 0.15) is 17.5 Å². The van der Waals surface area contributed by atoms with E-state index >= 15 is 0 Å². The van der Waals surface area contributed by atoms with Crippen LogP contribution in [-0.4, -0.2) is 17.8 Å². The molecule has 4 nitrogen and oxygen atoms in total. The van der Waals surface area contributed by atoms with Crippen molar-refractivity contribution in [2.45, 2.75) is 19.1 Å². The predicted octanol–water partition coefficient (Wildman–Crippen LogP) is 2.66. The first-order chi connectivity index (χ1) is 9.32. The molecule has 0 atom stereocenters. The molecule has 0 radical (unpaired) electrons. The highest BCUT2D eigenvalue weighted by molar-refractivity contribution is 6.19. The largest absolute Gasteiger partial charge is 0.416 e. The van der Waals surface area contributed by atoms with Gasteiger partial charge in [-0.1, -0.05) is 12.1 Å². The summed E-state index contributed by atoms with van der Waals surface area (Å²) < 4.78 is 37.4. The Balaban J connectivity index is 2.54. The Hall–Kier alpha value is -1.76. The van der Waals surface area contributed by atoms with Gasteiger partial charge in [0.2, 0.25) is 5.91 Å². The van der Waals surface area contributed by atoms with Crippen molar-refractivity contribution >= 4 is 23.5 Å². The Morgan fingerprint density at radius 3 is 2.55 bits per heavy atom. The minimum Gasteiger partial charge on any atom is -0.334 e. The molecule has 0 saturated heterocycles. The van der Waals surface area contributed by atoms with E-state index in [9.17, 15) is 22.8 Å². The zero-order chi connectivity index (χ0) is 15.2. The standard InChI is InChI=1S/C12H12ClF3N2O2/c13-5-4-10(19)18-11(20)17-7-8-2-1-3-9(6-8)12(14,15)16/h1-3,6H,4-5,7H2,(H2,17,18,19,20). The summed E-state index contributed by atoms with van der Waals surface area (Å²) in [5.74, 6) is -0.478. The third-order valence-electron chi connectivity index (χ3n) is 2.28. The Morgan fingerprint density at radius 2 is 1.95 bits per heavy atom. The van der Waals surface area contributed by atoms with Gasteiger partial charge in [0.25, 0.3) is 0 Å². The van der Waals surface area contributed by atoms with E-state index in [2.05, 4.69) is 5.32 Å². The molecule has 0 heterocycles. The smallest absolute Gasteiger partial charge is 0.334 e. The van der Waals surface area contributed by atoms with E-state index < -0.39 is 23.7 Å². The second kappa shape index (κ2) is 7.14. The lowest BCUT2D eigenvalue weighted by molar-refractivity contribution is -0.137. The SMILES string of the molecule is O=C(CCCl)NC(=O)NCc1cccc(C(F)(F)F)c1. The number of imide groups is 1. The van der Waals surface area contributed by atoms with Crippen molar-refractivity contribution in [1.82, 2.24) is 10.6 Å². The lowest BCUT2D eigenvalue weighted by atomic mass is 10.1. The summed E-state index contributed by atoms with van der Waals surface area (Å²) in [6.07, 6.45) is -4.45. The lowest BCUT2D eigenvalue weighted by Gasteiger charge is -2.09. The number of hydrogen-bond donors (Lipinski definition) is 2. The van der Waals surface area contributed by atoms with Gasteiger partial charge in [-0.2, -0.15) is 13.2 Å². The van der Waals surface area contributed by atoms with Gasteiger partial charge in [0.15, 0.2) is 0 Å². The number of halogens is 4. The molecular weight excluding hydrogens is 297 g/mol. The van der Waals surface area contributed by atoms with Crippen molar-refractivity contribution in [3.05, 3.63) is 35.4 Å². The third kappa shape index (κ3) is 5.48. The topological polar surface area (TPSA) is 58.2 Å². The van der Waals surface area contributed by atoms with Gasteiger partial charge in [-0.25, -0.2) is 4.79 Å². The predicted molar refractivity (Wildman–Crippen MR) is 67.2 cm³/mol. The first-order valence-corrected chi connectivity index (χ1v) is 6.16. The van der Waals surface area contributed by atoms with Gasteiger partial charge in [-0.05, 0) is 17.7 Å². The van der Waals surface area contributed by atoms with Crippen LogP contribution in [-0.2, 0) is 17.5 Å². The van der Waals surface area contributed by atoms with Crippen LogP contribution in [0.5, 0.6) is 0 Å². The van der Waals surface area contributed by atoms with Crippen molar-refractivity contribution in [3.8, 4) is 0 Å². The van der Waals surface area contributed by atoms with E-state index in [-0.39, 0.29) is 24.4 Å². The summed E-state index contributed by atoms with van der Waals surface area (Å²) in [7, 11) is 0. The maximum Gasteiger partial charge on any atom is 0.416 e. The molecule has 3 amide bonds. The molecule has 0 bridgehead atoms. The van der Waals surface area contributed by atoms with Crippen LogP contribution in [0.2, 0.25) is 0 Å². The zero-order valence-electron chi connectivity index (χ0n) is 10.3. The fourth-order valence-corrected chi connectivity index (χ4v) is 1.53. The van der Waals surface area contributed by atoms with Crippen LogP contribution in [0, 0.1) is 0 Å². The first-order valence-electron chi connectivity index (χ1n) is 5.62. The van der Waals surface area contributed by atoms with Gasteiger partial charge in [-0.3, -0.25) is 10.1 Å². The van der Waals surface area contributed by atoms with Gasteiger partial charge in [0, 0.05) is 18.8 Å².